The Kier molecular flexibility index (Phi) is 4.62. The Morgan fingerprint density at radius 2 is 2.06 bits per heavy atom. The zero-order valence-electron chi connectivity index (χ0n) is 9.46. The molecule has 0 heterocycles. The van der Waals surface area contributed by atoms with E-state index >= 15 is 0 Å². The van der Waals surface area contributed by atoms with E-state index in [1.807, 2.05) is 13.8 Å². The predicted molar refractivity (Wildman–Crippen MR) is 64.1 cm³/mol. The Morgan fingerprint density at radius 3 is 2.56 bits per heavy atom. The third-order valence-electron chi connectivity index (χ3n) is 2.31. The number of methoxy groups -OCH3 is 1. The van der Waals surface area contributed by atoms with Crippen molar-refractivity contribution in [3.8, 4) is 0 Å². The van der Waals surface area contributed by atoms with Crippen molar-refractivity contribution in [2.45, 2.75) is 20.0 Å². The zero-order chi connectivity index (χ0) is 12.3. The number of halogens is 2. The summed E-state index contributed by atoms with van der Waals surface area (Å²) >= 11 is 3.21. The van der Waals surface area contributed by atoms with Crippen molar-refractivity contribution in [3.05, 3.63) is 34.1 Å². The van der Waals surface area contributed by atoms with Crippen molar-refractivity contribution in [1.29, 1.82) is 0 Å². The van der Waals surface area contributed by atoms with E-state index < -0.39 is 11.9 Å². The van der Waals surface area contributed by atoms with Gasteiger partial charge in [0.25, 0.3) is 0 Å². The third-order valence-corrected chi connectivity index (χ3v) is 2.80. The van der Waals surface area contributed by atoms with Crippen LogP contribution in [0.15, 0.2) is 22.7 Å². The maximum Gasteiger partial charge on any atom is 0.194 e. The second-order valence-electron chi connectivity index (χ2n) is 3.89. The standard InChI is InChI=1S/C12H14BrFO2/c1-7(2)12(16-3)11(15)9-6-8(13)4-5-10(9)14/h4-7,12H,1-3H3. The summed E-state index contributed by atoms with van der Waals surface area (Å²) in [6.45, 7) is 3.73. The van der Waals surface area contributed by atoms with Crippen LogP contribution in [0.3, 0.4) is 0 Å². The Labute approximate surface area is 103 Å². The Balaban J connectivity index is 3.08. The minimum atomic E-state index is -0.608. The van der Waals surface area contributed by atoms with Crippen LogP contribution in [0.2, 0.25) is 0 Å². The molecule has 0 aliphatic heterocycles. The molecular weight excluding hydrogens is 275 g/mol. The van der Waals surface area contributed by atoms with E-state index in [9.17, 15) is 9.18 Å². The number of carbonyl (C=O) groups is 1. The average molecular weight is 289 g/mol. The first-order valence-electron chi connectivity index (χ1n) is 4.99. The molecule has 1 atom stereocenters. The van der Waals surface area contributed by atoms with E-state index in [4.69, 9.17) is 4.74 Å². The van der Waals surface area contributed by atoms with Crippen molar-refractivity contribution in [3.63, 3.8) is 0 Å². The molecule has 0 aliphatic carbocycles. The lowest BCUT2D eigenvalue weighted by atomic mass is 9.97. The molecule has 1 aromatic rings. The summed E-state index contributed by atoms with van der Waals surface area (Å²) in [5.74, 6) is -0.830. The molecule has 0 aliphatic rings. The van der Waals surface area contributed by atoms with E-state index in [0.717, 1.165) is 0 Å². The molecule has 16 heavy (non-hydrogen) atoms. The van der Waals surface area contributed by atoms with Gasteiger partial charge in [-0.25, -0.2) is 4.39 Å². The average Bonchev–Trinajstić information content (AvgIpc) is 2.22. The van der Waals surface area contributed by atoms with E-state index in [0.29, 0.717) is 4.47 Å². The van der Waals surface area contributed by atoms with Gasteiger partial charge in [-0.2, -0.15) is 0 Å². The lowest BCUT2D eigenvalue weighted by molar-refractivity contribution is 0.0455. The van der Waals surface area contributed by atoms with Gasteiger partial charge in [0.1, 0.15) is 11.9 Å². The summed E-state index contributed by atoms with van der Waals surface area (Å²) in [6, 6.07) is 4.31. The summed E-state index contributed by atoms with van der Waals surface area (Å²) in [6.07, 6.45) is -0.608. The normalized spacial score (nSPS) is 12.9. The van der Waals surface area contributed by atoms with Gasteiger partial charge in [0.05, 0.1) is 5.56 Å². The van der Waals surface area contributed by atoms with Crippen LogP contribution in [-0.2, 0) is 4.74 Å². The van der Waals surface area contributed by atoms with Crippen LogP contribution in [0, 0.1) is 11.7 Å². The number of rotatable bonds is 4. The zero-order valence-corrected chi connectivity index (χ0v) is 11.0. The second kappa shape index (κ2) is 5.55. The Bertz CT molecular complexity index is 391. The summed E-state index contributed by atoms with van der Waals surface area (Å²) < 4.78 is 19.3. The Hall–Kier alpha value is -0.740. The quantitative estimate of drug-likeness (QED) is 0.794. The summed E-state index contributed by atoms with van der Waals surface area (Å²) in [5, 5.41) is 0. The molecule has 1 rings (SSSR count). The topological polar surface area (TPSA) is 26.3 Å². The number of ether oxygens (including phenoxy) is 1. The minimum absolute atomic E-state index is 0.0101. The molecule has 4 heteroatoms. The minimum Gasteiger partial charge on any atom is -0.373 e. The number of benzene rings is 1. The maximum atomic E-state index is 13.5. The number of hydrogen-bond donors (Lipinski definition) is 0. The first-order valence-corrected chi connectivity index (χ1v) is 5.78. The monoisotopic (exact) mass is 288 g/mol. The van der Waals surface area contributed by atoms with Crippen LogP contribution in [0.25, 0.3) is 0 Å². The highest BCUT2D eigenvalue weighted by atomic mass is 79.9. The molecule has 0 spiro atoms. The highest BCUT2D eigenvalue weighted by molar-refractivity contribution is 9.10. The van der Waals surface area contributed by atoms with Gasteiger partial charge in [0, 0.05) is 11.6 Å². The highest BCUT2D eigenvalue weighted by Gasteiger charge is 2.25. The molecule has 0 fully saturated rings. The molecule has 0 aromatic heterocycles. The van der Waals surface area contributed by atoms with Crippen molar-refractivity contribution in [2.75, 3.05) is 7.11 Å². The van der Waals surface area contributed by atoms with Crippen LogP contribution in [0.5, 0.6) is 0 Å². The van der Waals surface area contributed by atoms with Gasteiger partial charge in [-0.1, -0.05) is 29.8 Å². The first-order chi connectivity index (χ1) is 7.47. The number of Topliss-reactive ketones (excluding diaryl/α,β-unsaturated/α-hetero) is 1. The van der Waals surface area contributed by atoms with Crippen molar-refractivity contribution >= 4 is 21.7 Å². The Morgan fingerprint density at radius 1 is 1.44 bits per heavy atom. The van der Waals surface area contributed by atoms with Gasteiger partial charge in [0.15, 0.2) is 5.78 Å². The fourth-order valence-electron chi connectivity index (χ4n) is 1.52. The molecule has 0 saturated carbocycles. The van der Waals surface area contributed by atoms with Crippen molar-refractivity contribution < 1.29 is 13.9 Å². The van der Waals surface area contributed by atoms with Gasteiger partial charge >= 0.3 is 0 Å². The molecule has 0 bridgehead atoms. The van der Waals surface area contributed by atoms with E-state index in [-0.39, 0.29) is 17.3 Å². The van der Waals surface area contributed by atoms with Gasteiger partial charge in [-0.05, 0) is 24.1 Å². The van der Waals surface area contributed by atoms with Crippen LogP contribution >= 0.6 is 15.9 Å². The van der Waals surface area contributed by atoms with Crippen molar-refractivity contribution in [2.24, 2.45) is 5.92 Å². The summed E-state index contributed by atoms with van der Waals surface area (Å²) in [7, 11) is 1.46. The highest BCUT2D eigenvalue weighted by Crippen LogP contribution is 2.20. The van der Waals surface area contributed by atoms with Crippen LogP contribution in [0.4, 0.5) is 4.39 Å². The fourth-order valence-corrected chi connectivity index (χ4v) is 1.88. The molecule has 88 valence electrons. The first kappa shape index (κ1) is 13.3. The smallest absolute Gasteiger partial charge is 0.194 e. The predicted octanol–water partition coefficient (Wildman–Crippen LogP) is 3.44. The van der Waals surface area contributed by atoms with Crippen LogP contribution in [-0.4, -0.2) is 19.0 Å². The lowest BCUT2D eigenvalue weighted by Crippen LogP contribution is -2.29. The summed E-state index contributed by atoms with van der Waals surface area (Å²) in [4.78, 5) is 12.0. The second-order valence-corrected chi connectivity index (χ2v) is 4.80. The fraction of sp³-hybridized carbons (Fsp3) is 0.417. The SMILES string of the molecule is COC(C(=O)c1cc(Br)ccc1F)C(C)C. The van der Waals surface area contributed by atoms with Crippen molar-refractivity contribution in [1.82, 2.24) is 0 Å². The van der Waals surface area contributed by atoms with E-state index in [1.54, 1.807) is 6.07 Å². The number of hydrogen-bond acceptors (Lipinski definition) is 2. The van der Waals surface area contributed by atoms with Gasteiger partial charge in [-0.3, -0.25) is 4.79 Å². The molecule has 1 aromatic carbocycles. The largest absolute Gasteiger partial charge is 0.373 e. The third kappa shape index (κ3) is 2.89. The molecular formula is C12H14BrFO2. The molecule has 1 unspecified atom stereocenters. The maximum absolute atomic E-state index is 13.5. The van der Waals surface area contributed by atoms with Crippen LogP contribution in [0.1, 0.15) is 24.2 Å². The molecule has 0 saturated heterocycles. The number of ketones is 1. The molecule has 0 radical (unpaired) electrons. The van der Waals surface area contributed by atoms with E-state index in [2.05, 4.69) is 15.9 Å². The number of carbonyl (C=O) groups excluding carboxylic acids is 1. The summed E-state index contributed by atoms with van der Waals surface area (Å²) in [5.41, 5.74) is 0.0647. The molecule has 0 amide bonds. The van der Waals surface area contributed by atoms with E-state index in [1.165, 1.54) is 19.2 Å². The molecule has 2 nitrogen and oxygen atoms in total. The van der Waals surface area contributed by atoms with Gasteiger partial charge < -0.3 is 4.74 Å². The van der Waals surface area contributed by atoms with Crippen LogP contribution < -0.4 is 0 Å². The van der Waals surface area contributed by atoms with Gasteiger partial charge in [0.2, 0.25) is 0 Å². The van der Waals surface area contributed by atoms with Gasteiger partial charge in [-0.15, -0.1) is 0 Å². The lowest BCUT2D eigenvalue weighted by Gasteiger charge is -2.18. The molecule has 0 N–H and O–H groups in total.